The highest BCUT2D eigenvalue weighted by Gasteiger charge is 2.26. The van der Waals surface area contributed by atoms with Crippen molar-refractivity contribution in [3.63, 3.8) is 0 Å². The van der Waals surface area contributed by atoms with E-state index in [1.54, 1.807) is 0 Å². The summed E-state index contributed by atoms with van der Waals surface area (Å²) in [6.45, 7) is 0. The second-order valence-electron chi connectivity index (χ2n) is 6.62. The summed E-state index contributed by atoms with van der Waals surface area (Å²) in [5.74, 6) is 0.552. The molecule has 3 heteroatoms. The first-order valence-electron chi connectivity index (χ1n) is 8.37. The van der Waals surface area contributed by atoms with Crippen LogP contribution in [0.2, 0.25) is 0 Å². The summed E-state index contributed by atoms with van der Waals surface area (Å²) in [5.41, 5.74) is 8.86. The van der Waals surface area contributed by atoms with E-state index >= 15 is 0 Å². The topological polar surface area (TPSA) is 55.1 Å². The number of aryl methyl sites for hydroxylation is 1. The summed E-state index contributed by atoms with van der Waals surface area (Å²) in [5, 5.41) is 3.25. The molecule has 1 aromatic rings. The summed E-state index contributed by atoms with van der Waals surface area (Å²) < 4.78 is 0. The Morgan fingerprint density at radius 1 is 1.14 bits per heavy atom. The van der Waals surface area contributed by atoms with Crippen LogP contribution in [0.25, 0.3) is 0 Å². The van der Waals surface area contributed by atoms with Gasteiger partial charge in [-0.15, -0.1) is 0 Å². The SMILES string of the molecule is NC1CCCCC1CC(=O)NC1CCCc2ccccc21. The zero-order chi connectivity index (χ0) is 14.7. The lowest BCUT2D eigenvalue weighted by molar-refractivity contribution is -0.123. The smallest absolute Gasteiger partial charge is 0.220 e. The van der Waals surface area contributed by atoms with Crippen LogP contribution in [0.4, 0.5) is 0 Å². The molecule has 0 bridgehead atoms. The van der Waals surface area contributed by atoms with Gasteiger partial charge in [-0.3, -0.25) is 4.79 Å². The molecule has 2 aliphatic rings. The zero-order valence-electron chi connectivity index (χ0n) is 12.7. The maximum atomic E-state index is 12.4. The average molecular weight is 286 g/mol. The van der Waals surface area contributed by atoms with Gasteiger partial charge >= 0.3 is 0 Å². The highest BCUT2D eigenvalue weighted by atomic mass is 16.1. The van der Waals surface area contributed by atoms with Crippen molar-refractivity contribution in [3.05, 3.63) is 35.4 Å². The van der Waals surface area contributed by atoms with E-state index < -0.39 is 0 Å². The van der Waals surface area contributed by atoms with Crippen LogP contribution in [0.1, 0.15) is 62.1 Å². The monoisotopic (exact) mass is 286 g/mol. The summed E-state index contributed by atoms with van der Waals surface area (Å²) in [4.78, 5) is 12.4. The first-order chi connectivity index (χ1) is 10.2. The molecule has 3 nitrogen and oxygen atoms in total. The molecular weight excluding hydrogens is 260 g/mol. The van der Waals surface area contributed by atoms with Gasteiger partial charge < -0.3 is 11.1 Å². The standard InChI is InChI=1S/C18H26N2O/c19-16-10-4-2-7-14(16)12-18(21)20-17-11-5-8-13-6-1-3-9-15(13)17/h1,3,6,9,14,16-17H,2,4-5,7-8,10-12,19H2,(H,20,21). The van der Waals surface area contributed by atoms with Crippen molar-refractivity contribution in [2.75, 3.05) is 0 Å². The average Bonchev–Trinajstić information content (AvgIpc) is 2.50. The number of amides is 1. The molecule has 0 saturated heterocycles. The second kappa shape index (κ2) is 6.61. The molecule has 1 amide bonds. The molecule has 0 spiro atoms. The van der Waals surface area contributed by atoms with Gasteiger partial charge in [0.25, 0.3) is 0 Å². The van der Waals surface area contributed by atoms with E-state index in [1.165, 1.54) is 24.0 Å². The minimum absolute atomic E-state index is 0.180. The summed E-state index contributed by atoms with van der Waals surface area (Å²) in [6, 6.07) is 8.91. The van der Waals surface area contributed by atoms with Crippen LogP contribution in [-0.2, 0) is 11.2 Å². The first kappa shape index (κ1) is 14.6. The Balaban J connectivity index is 1.60. The molecule has 3 N–H and O–H groups in total. The van der Waals surface area contributed by atoms with Crippen molar-refractivity contribution in [2.45, 2.75) is 63.5 Å². The van der Waals surface area contributed by atoms with E-state index in [0.29, 0.717) is 12.3 Å². The Morgan fingerprint density at radius 2 is 1.95 bits per heavy atom. The molecule has 1 saturated carbocycles. The van der Waals surface area contributed by atoms with Gasteiger partial charge in [-0.05, 0) is 49.1 Å². The molecule has 3 rings (SSSR count). The van der Waals surface area contributed by atoms with Gasteiger partial charge in [-0.1, -0.05) is 37.1 Å². The number of carbonyl (C=O) groups is 1. The first-order valence-corrected chi connectivity index (χ1v) is 8.37. The number of nitrogens with two attached hydrogens (primary N) is 1. The summed E-state index contributed by atoms with van der Waals surface area (Å²) in [7, 11) is 0. The molecule has 0 radical (unpaired) electrons. The molecule has 0 aliphatic heterocycles. The maximum Gasteiger partial charge on any atom is 0.220 e. The van der Waals surface area contributed by atoms with Gasteiger partial charge in [-0.25, -0.2) is 0 Å². The summed E-state index contributed by atoms with van der Waals surface area (Å²) in [6.07, 6.45) is 8.56. The number of benzene rings is 1. The lowest BCUT2D eigenvalue weighted by Gasteiger charge is -2.30. The fourth-order valence-corrected chi connectivity index (χ4v) is 3.89. The van der Waals surface area contributed by atoms with Crippen molar-refractivity contribution in [2.24, 2.45) is 11.7 Å². The molecule has 21 heavy (non-hydrogen) atoms. The molecule has 114 valence electrons. The van der Waals surface area contributed by atoms with Crippen molar-refractivity contribution in [3.8, 4) is 0 Å². The van der Waals surface area contributed by atoms with Crippen LogP contribution in [0.3, 0.4) is 0 Å². The number of hydrogen-bond donors (Lipinski definition) is 2. The van der Waals surface area contributed by atoms with Crippen LogP contribution >= 0.6 is 0 Å². The Hall–Kier alpha value is -1.35. The minimum atomic E-state index is 0.180. The number of fused-ring (bicyclic) bond motifs is 1. The van der Waals surface area contributed by atoms with Crippen LogP contribution in [0.15, 0.2) is 24.3 Å². The fraction of sp³-hybridized carbons (Fsp3) is 0.611. The maximum absolute atomic E-state index is 12.4. The van der Waals surface area contributed by atoms with Gasteiger partial charge in [-0.2, -0.15) is 0 Å². The molecule has 3 atom stereocenters. The highest BCUT2D eigenvalue weighted by molar-refractivity contribution is 5.77. The molecule has 0 heterocycles. The third kappa shape index (κ3) is 3.46. The third-order valence-corrected chi connectivity index (χ3v) is 5.12. The van der Waals surface area contributed by atoms with Crippen molar-refractivity contribution in [1.29, 1.82) is 0 Å². The molecule has 1 fully saturated rings. The van der Waals surface area contributed by atoms with Crippen molar-refractivity contribution >= 4 is 5.91 Å². The number of hydrogen-bond acceptors (Lipinski definition) is 2. The van der Waals surface area contributed by atoms with Crippen molar-refractivity contribution < 1.29 is 4.79 Å². The Labute approximate surface area is 127 Å². The van der Waals surface area contributed by atoms with Gasteiger partial charge in [0.1, 0.15) is 0 Å². The van der Waals surface area contributed by atoms with Gasteiger partial charge in [0, 0.05) is 12.5 Å². The van der Waals surface area contributed by atoms with E-state index in [4.69, 9.17) is 5.73 Å². The fourth-order valence-electron chi connectivity index (χ4n) is 3.89. The molecule has 0 aromatic heterocycles. The van der Waals surface area contributed by atoms with Crippen LogP contribution < -0.4 is 11.1 Å². The molecule has 2 aliphatic carbocycles. The zero-order valence-corrected chi connectivity index (χ0v) is 12.7. The quantitative estimate of drug-likeness (QED) is 0.897. The van der Waals surface area contributed by atoms with Gasteiger partial charge in [0.05, 0.1) is 6.04 Å². The Bertz CT molecular complexity index is 500. The van der Waals surface area contributed by atoms with E-state index in [2.05, 4.69) is 29.6 Å². The lowest BCUT2D eigenvalue weighted by Crippen LogP contribution is -2.38. The molecule has 3 unspecified atom stereocenters. The van der Waals surface area contributed by atoms with E-state index in [1.807, 2.05) is 0 Å². The van der Waals surface area contributed by atoms with Crippen LogP contribution in [0.5, 0.6) is 0 Å². The van der Waals surface area contributed by atoms with E-state index in [9.17, 15) is 4.79 Å². The van der Waals surface area contributed by atoms with Gasteiger partial charge in [0.15, 0.2) is 0 Å². The van der Waals surface area contributed by atoms with Crippen LogP contribution in [-0.4, -0.2) is 11.9 Å². The second-order valence-corrected chi connectivity index (χ2v) is 6.62. The summed E-state index contributed by atoms with van der Waals surface area (Å²) >= 11 is 0. The highest BCUT2D eigenvalue weighted by Crippen LogP contribution is 2.30. The normalized spacial score (nSPS) is 28.7. The molecular formula is C18H26N2O. The number of nitrogens with one attached hydrogen (secondary N) is 1. The molecule has 1 aromatic carbocycles. The minimum Gasteiger partial charge on any atom is -0.349 e. The number of carbonyl (C=O) groups excluding carboxylic acids is 1. The third-order valence-electron chi connectivity index (χ3n) is 5.12. The lowest BCUT2D eigenvalue weighted by atomic mass is 9.82. The number of rotatable bonds is 3. The van der Waals surface area contributed by atoms with Gasteiger partial charge in [0.2, 0.25) is 5.91 Å². The predicted octanol–water partition coefficient (Wildman–Crippen LogP) is 3.09. The Morgan fingerprint density at radius 3 is 2.81 bits per heavy atom. The van der Waals surface area contributed by atoms with Crippen molar-refractivity contribution in [1.82, 2.24) is 5.32 Å². The van der Waals surface area contributed by atoms with Crippen LogP contribution in [0, 0.1) is 5.92 Å². The Kier molecular flexibility index (Phi) is 4.59. The van der Waals surface area contributed by atoms with E-state index in [0.717, 1.165) is 32.1 Å². The predicted molar refractivity (Wildman–Crippen MR) is 84.8 cm³/mol. The van der Waals surface area contributed by atoms with E-state index in [-0.39, 0.29) is 18.0 Å². The largest absolute Gasteiger partial charge is 0.349 e.